The van der Waals surface area contributed by atoms with Gasteiger partial charge in [0.1, 0.15) is 5.75 Å². The van der Waals surface area contributed by atoms with Crippen molar-refractivity contribution in [3.63, 3.8) is 0 Å². The normalized spacial score (nSPS) is 16.6. The molecule has 0 aliphatic carbocycles. The Balaban J connectivity index is 2.18. The van der Waals surface area contributed by atoms with Crippen molar-refractivity contribution in [3.05, 3.63) is 28.3 Å². The third-order valence-corrected chi connectivity index (χ3v) is 3.67. The molecule has 0 spiro atoms. The van der Waals surface area contributed by atoms with Crippen LogP contribution in [-0.2, 0) is 17.9 Å². The van der Waals surface area contributed by atoms with Crippen LogP contribution in [0.4, 0.5) is 0 Å². The van der Waals surface area contributed by atoms with Crippen LogP contribution in [0.25, 0.3) is 0 Å². The van der Waals surface area contributed by atoms with Gasteiger partial charge in [0.25, 0.3) is 0 Å². The minimum atomic E-state index is 0.578. The summed E-state index contributed by atoms with van der Waals surface area (Å²) in [6, 6.07) is 3.97. The van der Waals surface area contributed by atoms with Gasteiger partial charge in [-0.3, -0.25) is 4.90 Å². The number of hydrogen-bond acceptors (Lipinski definition) is 4. The second-order valence-corrected chi connectivity index (χ2v) is 5.12. The number of piperazine rings is 1. The van der Waals surface area contributed by atoms with E-state index in [1.807, 2.05) is 12.1 Å². The molecule has 0 radical (unpaired) electrons. The number of hydrogen-bond donors (Lipinski definition) is 1. The smallest absolute Gasteiger partial charge is 0.137 e. The molecule has 1 heterocycles. The Morgan fingerprint density at radius 2 is 1.95 bits per heavy atom. The molecule has 1 aliphatic heterocycles. The summed E-state index contributed by atoms with van der Waals surface area (Å²) in [4.78, 5) is 2.42. The maximum atomic E-state index is 6.22. The van der Waals surface area contributed by atoms with E-state index in [2.05, 4.69) is 10.2 Å². The van der Waals surface area contributed by atoms with Crippen LogP contribution < -0.4 is 10.1 Å². The summed E-state index contributed by atoms with van der Waals surface area (Å²) < 4.78 is 10.5. The molecule has 2 rings (SSSR count). The first-order valence-electron chi connectivity index (χ1n) is 6.52. The molecule has 1 aromatic rings. The Kier molecular flexibility index (Phi) is 5.45. The molecular formula is C14H21ClN2O2. The lowest BCUT2D eigenvalue weighted by atomic mass is 10.1. The maximum absolute atomic E-state index is 6.22. The van der Waals surface area contributed by atoms with Crippen LogP contribution in [-0.4, -0.2) is 45.3 Å². The fraction of sp³-hybridized carbons (Fsp3) is 0.571. The van der Waals surface area contributed by atoms with Crippen molar-refractivity contribution in [1.82, 2.24) is 10.2 Å². The van der Waals surface area contributed by atoms with Crippen molar-refractivity contribution < 1.29 is 9.47 Å². The Bertz CT molecular complexity index is 420. The van der Waals surface area contributed by atoms with E-state index in [0.29, 0.717) is 17.4 Å². The largest absolute Gasteiger partial charge is 0.495 e. The molecule has 0 unspecified atom stereocenters. The molecule has 0 bridgehead atoms. The zero-order chi connectivity index (χ0) is 13.7. The number of halogens is 1. The molecule has 0 amide bonds. The van der Waals surface area contributed by atoms with E-state index in [-0.39, 0.29) is 0 Å². The molecule has 5 heteroatoms. The van der Waals surface area contributed by atoms with Gasteiger partial charge >= 0.3 is 0 Å². The number of methoxy groups -OCH3 is 2. The maximum Gasteiger partial charge on any atom is 0.137 e. The van der Waals surface area contributed by atoms with E-state index >= 15 is 0 Å². The van der Waals surface area contributed by atoms with Crippen molar-refractivity contribution in [2.45, 2.75) is 13.2 Å². The van der Waals surface area contributed by atoms with Crippen LogP contribution in [0.1, 0.15) is 11.1 Å². The number of rotatable bonds is 5. The van der Waals surface area contributed by atoms with Gasteiger partial charge in [0, 0.05) is 39.8 Å². The van der Waals surface area contributed by atoms with Gasteiger partial charge in [-0.05, 0) is 23.3 Å². The fourth-order valence-electron chi connectivity index (χ4n) is 2.34. The summed E-state index contributed by atoms with van der Waals surface area (Å²) in [5, 5.41) is 4.02. The van der Waals surface area contributed by atoms with Crippen molar-refractivity contribution in [2.24, 2.45) is 0 Å². The van der Waals surface area contributed by atoms with Gasteiger partial charge in [-0.15, -0.1) is 0 Å². The zero-order valence-electron chi connectivity index (χ0n) is 11.5. The first-order valence-corrected chi connectivity index (χ1v) is 6.89. The van der Waals surface area contributed by atoms with Gasteiger partial charge in [-0.1, -0.05) is 11.6 Å². The standard InChI is InChI=1S/C14H21ClN2O2/c1-18-10-12-8-14(19-2)13(15)7-11(12)9-17-5-3-16-4-6-17/h7-8,16H,3-6,9-10H2,1-2H3. The molecular weight excluding hydrogens is 264 g/mol. The van der Waals surface area contributed by atoms with Gasteiger partial charge < -0.3 is 14.8 Å². The van der Waals surface area contributed by atoms with Crippen molar-refractivity contribution in [3.8, 4) is 5.75 Å². The predicted molar refractivity (Wildman–Crippen MR) is 76.9 cm³/mol. The molecule has 0 saturated carbocycles. The molecule has 1 saturated heterocycles. The molecule has 0 atom stereocenters. The van der Waals surface area contributed by atoms with Crippen LogP contribution in [0.5, 0.6) is 5.75 Å². The van der Waals surface area contributed by atoms with E-state index in [0.717, 1.165) is 38.3 Å². The molecule has 1 aliphatic rings. The summed E-state index contributed by atoms with van der Waals surface area (Å²) >= 11 is 6.22. The van der Waals surface area contributed by atoms with E-state index < -0.39 is 0 Å². The lowest BCUT2D eigenvalue weighted by Gasteiger charge is -2.28. The number of ether oxygens (including phenoxy) is 2. The van der Waals surface area contributed by atoms with E-state index in [9.17, 15) is 0 Å². The molecule has 1 aromatic carbocycles. The minimum absolute atomic E-state index is 0.578. The first-order chi connectivity index (χ1) is 9.24. The van der Waals surface area contributed by atoms with Gasteiger partial charge in [0.2, 0.25) is 0 Å². The topological polar surface area (TPSA) is 33.7 Å². The Morgan fingerprint density at radius 3 is 2.58 bits per heavy atom. The molecule has 1 N–H and O–H groups in total. The van der Waals surface area contributed by atoms with Crippen LogP contribution >= 0.6 is 11.6 Å². The predicted octanol–water partition coefficient (Wildman–Crippen LogP) is 1.90. The van der Waals surface area contributed by atoms with Gasteiger partial charge in [-0.2, -0.15) is 0 Å². The highest BCUT2D eigenvalue weighted by atomic mass is 35.5. The summed E-state index contributed by atoms with van der Waals surface area (Å²) in [6.45, 7) is 5.71. The summed E-state index contributed by atoms with van der Waals surface area (Å²) in [7, 11) is 3.34. The van der Waals surface area contributed by atoms with Crippen molar-refractivity contribution in [2.75, 3.05) is 40.4 Å². The Labute approximate surface area is 119 Å². The van der Waals surface area contributed by atoms with Gasteiger partial charge in [-0.25, -0.2) is 0 Å². The molecule has 0 aromatic heterocycles. The van der Waals surface area contributed by atoms with Crippen molar-refractivity contribution >= 4 is 11.6 Å². The zero-order valence-corrected chi connectivity index (χ0v) is 12.3. The highest BCUT2D eigenvalue weighted by Crippen LogP contribution is 2.29. The molecule has 106 valence electrons. The fourth-order valence-corrected chi connectivity index (χ4v) is 2.60. The lowest BCUT2D eigenvalue weighted by Crippen LogP contribution is -2.43. The molecule has 19 heavy (non-hydrogen) atoms. The second kappa shape index (κ2) is 7.10. The van der Waals surface area contributed by atoms with Crippen LogP contribution in [0.15, 0.2) is 12.1 Å². The Morgan fingerprint density at radius 1 is 1.21 bits per heavy atom. The van der Waals surface area contributed by atoms with Crippen LogP contribution in [0.2, 0.25) is 5.02 Å². The third-order valence-electron chi connectivity index (χ3n) is 3.38. The third kappa shape index (κ3) is 3.83. The number of benzene rings is 1. The summed E-state index contributed by atoms with van der Waals surface area (Å²) in [5.41, 5.74) is 2.36. The Hall–Kier alpha value is -0.810. The van der Waals surface area contributed by atoms with E-state index in [1.54, 1.807) is 14.2 Å². The SMILES string of the molecule is COCc1cc(OC)c(Cl)cc1CN1CCNCC1. The highest BCUT2D eigenvalue weighted by molar-refractivity contribution is 6.32. The molecule has 1 fully saturated rings. The summed E-state index contributed by atoms with van der Waals surface area (Å²) in [6.07, 6.45) is 0. The monoisotopic (exact) mass is 284 g/mol. The summed E-state index contributed by atoms with van der Waals surface area (Å²) in [5.74, 6) is 0.706. The van der Waals surface area contributed by atoms with E-state index in [1.165, 1.54) is 5.56 Å². The highest BCUT2D eigenvalue weighted by Gasteiger charge is 2.14. The lowest BCUT2D eigenvalue weighted by molar-refractivity contribution is 0.180. The van der Waals surface area contributed by atoms with Crippen LogP contribution in [0, 0.1) is 0 Å². The van der Waals surface area contributed by atoms with Crippen LogP contribution in [0.3, 0.4) is 0 Å². The first kappa shape index (κ1) is 14.6. The van der Waals surface area contributed by atoms with Crippen molar-refractivity contribution in [1.29, 1.82) is 0 Å². The average molecular weight is 285 g/mol. The van der Waals surface area contributed by atoms with Gasteiger partial charge in [0.05, 0.1) is 18.7 Å². The quantitative estimate of drug-likeness (QED) is 0.895. The second-order valence-electron chi connectivity index (χ2n) is 4.71. The minimum Gasteiger partial charge on any atom is -0.495 e. The molecule has 4 nitrogen and oxygen atoms in total. The number of nitrogens with zero attached hydrogens (tertiary/aromatic N) is 1. The van der Waals surface area contributed by atoms with Gasteiger partial charge in [0.15, 0.2) is 0 Å². The number of nitrogens with one attached hydrogen (secondary N) is 1. The average Bonchev–Trinajstić information content (AvgIpc) is 2.43. The van der Waals surface area contributed by atoms with E-state index in [4.69, 9.17) is 21.1 Å².